The second kappa shape index (κ2) is 10.5. The van der Waals surface area contributed by atoms with Crippen LogP contribution >= 0.6 is 0 Å². The lowest BCUT2D eigenvalue weighted by atomic mass is 10.1. The van der Waals surface area contributed by atoms with Crippen LogP contribution in [0.3, 0.4) is 0 Å². The van der Waals surface area contributed by atoms with Gasteiger partial charge < -0.3 is 20.7 Å². The van der Waals surface area contributed by atoms with Crippen LogP contribution in [0.5, 0.6) is 5.75 Å². The maximum atomic E-state index is 9.62. The number of benzene rings is 1. The summed E-state index contributed by atoms with van der Waals surface area (Å²) in [6.45, 7) is 10.4. The van der Waals surface area contributed by atoms with Crippen molar-refractivity contribution in [2.24, 2.45) is 5.73 Å². The van der Waals surface area contributed by atoms with E-state index in [9.17, 15) is 5.11 Å². The third-order valence-corrected chi connectivity index (χ3v) is 3.58. The molecule has 0 amide bonds. The number of rotatable bonds is 6. The summed E-state index contributed by atoms with van der Waals surface area (Å²) in [6.07, 6.45) is 7.66. The van der Waals surface area contributed by atoms with Gasteiger partial charge in [0.05, 0.1) is 0 Å². The Balaban J connectivity index is 0.000000648. The summed E-state index contributed by atoms with van der Waals surface area (Å²) in [5.74, 6) is 0.282. The minimum atomic E-state index is 0.282. The monoisotopic (exact) mass is 327 g/mol. The van der Waals surface area contributed by atoms with E-state index in [2.05, 4.69) is 36.4 Å². The molecule has 0 aliphatic carbocycles. The van der Waals surface area contributed by atoms with Gasteiger partial charge >= 0.3 is 0 Å². The largest absolute Gasteiger partial charge is 0.508 e. The van der Waals surface area contributed by atoms with Gasteiger partial charge in [-0.05, 0) is 50.4 Å². The van der Waals surface area contributed by atoms with Crippen molar-refractivity contribution in [3.8, 4) is 5.75 Å². The molecule has 1 aromatic carbocycles. The summed E-state index contributed by atoms with van der Waals surface area (Å²) < 4.78 is 2.21. The zero-order chi connectivity index (χ0) is 17.9. The van der Waals surface area contributed by atoms with Gasteiger partial charge in [-0.2, -0.15) is 0 Å². The molecule has 0 spiro atoms. The van der Waals surface area contributed by atoms with E-state index in [1.807, 2.05) is 31.3 Å². The van der Waals surface area contributed by atoms with Crippen molar-refractivity contribution in [2.45, 2.75) is 20.4 Å². The number of fused-ring (bicyclic) bond motifs is 1. The Morgan fingerprint density at radius 3 is 2.58 bits per heavy atom. The van der Waals surface area contributed by atoms with Gasteiger partial charge in [0.2, 0.25) is 0 Å². The number of aromatic nitrogens is 1. The highest BCUT2D eigenvalue weighted by Gasteiger charge is 2.10. The van der Waals surface area contributed by atoms with E-state index in [1.165, 1.54) is 0 Å². The van der Waals surface area contributed by atoms with Gasteiger partial charge in [-0.3, -0.25) is 0 Å². The van der Waals surface area contributed by atoms with E-state index in [0.717, 1.165) is 35.3 Å². The van der Waals surface area contributed by atoms with Crippen LogP contribution in [-0.2, 0) is 6.54 Å². The van der Waals surface area contributed by atoms with Crippen LogP contribution in [-0.4, -0.2) is 29.8 Å². The maximum Gasteiger partial charge on any atom is 0.116 e. The van der Waals surface area contributed by atoms with Crippen molar-refractivity contribution in [3.63, 3.8) is 0 Å². The summed E-state index contributed by atoms with van der Waals surface area (Å²) in [7, 11) is 1.93. The Morgan fingerprint density at radius 1 is 1.33 bits per heavy atom. The lowest BCUT2D eigenvalue weighted by molar-refractivity contribution is 0.476. The van der Waals surface area contributed by atoms with Crippen molar-refractivity contribution in [1.82, 2.24) is 9.88 Å². The third kappa shape index (κ3) is 5.11. The average molecular weight is 327 g/mol. The van der Waals surface area contributed by atoms with Gasteiger partial charge in [0.25, 0.3) is 0 Å². The van der Waals surface area contributed by atoms with Crippen molar-refractivity contribution in [3.05, 3.63) is 60.8 Å². The first-order valence-electron chi connectivity index (χ1n) is 8.29. The molecule has 2 rings (SSSR count). The van der Waals surface area contributed by atoms with E-state index < -0.39 is 0 Å². The Bertz CT molecular complexity index is 709. The van der Waals surface area contributed by atoms with Crippen molar-refractivity contribution in [1.29, 1.82) is 0 Å². The molecule has 1 heterocycles. The number of aromatic hydroxyl groups is 1. The normalized spacial score (nSPS) is 11.6. The number of hydrogen-bond acceptors (Lipinski definition) is 3. The lowest BCUT2D eigenvalue weighted by Crippen LogP contribution is -2.01. The molecule has 0 unspecified atom stereocenters. The van der Waals surface area contributed by atoms with Crippen LogP contribution in [0.4, 0.5) is 0 Å². The molecular weight excluding hydrogens is 298 g/mol. The van der Waals surface area contributed by atoms with Gasteiger partial charge in [-0.1, -0.05) is 37.8 Å². The quantitative estimate of drug-likeness (QED) is 0.709. The Hall–Kier alpha value is -2.30. The average Bonchev–Trinajstić information content (AvgIpc) is 2.96. The van der Waals surface area contributed by atoms with Crippen molar-refractivity contribution in [2.75, 3.05) is 20.1 Å². The molecule has 0 fully saturated rings. The highest BCUT2D eigenvalue weighted by Crippen LogP contribution is 2.28. The molecule has 0 saturated heterocycles. The fourth-order valence-corrected chi connectivity index (χ4v) is 2.39. The molecule has 24 heavy (non-hydrogen) atoms. The molecule has 0 aliphatic rings. The van der Waals surface area contributed by atoms with Gasteiger partial charge in [0.1, 0.15) is 5.75 Å². The van der Waals surface area contributed by atoms with Crippen LogP contribution in [0.1, 0.15) is 19.5 Å². The molecule has 0 saturated carbocycles. The standard InChI is InChI=1S/C17H20N2O.C3H9N/c1-3-6-13(7-5-10-18)17-12-14-11-15(20)8-9-16(14)19(17)4-2;1-3-4-2/h3,5-9,11-12,20H,1,4,10,18H2,2H3;4H,3H2,1-2H3/b7-5-,13-6+;. The summed E-state index contributed by atoms with van der Waals surface area (Å²) in [5, 5.41) is 13.6. The fourth-order valence-electron chi connectivity index (χ4n) is 2.39. The Morgan fingerprint density at radius 2 is 2.04 bits per heavy atom. The molecule has 4 nitrogen and oxygen atoms in total. The predicted octanol–water partition coefficient (Wildman–Crippen LogP) is 3.68. The molecule has 0 atom stereocenters. The number of nitrogens with two attached hydrogens (primary N) is 1. The first-order chi connectivity index (χ1) is 11.6. The Kier molecular flexibility index (Phi) is 8.61. The number of nitrogens with one attached hydrogen (secondary N) is 1. The summed E-state index contributed by atoms with van der Waals surface area (Å²) in [6, 6.07) is 7.51. The van der Waals surface area contributed by atoms with Crippen LogP contribution in [0.15, 0.2) is 55.1 Å². The van der Waals surface area contributed by atoms with Crippen molar-refractivity contribution >= 4 is 16.5 Å². The summed E-state index contributed by atoms with van der Waals surface area (Å²) >= 11 is 0. The molecule has 1 aromatic heterocycles. The van der Waals surface area contributed by atoms with E-state index in [4.69, 9.17) is 5.73 Å². The predicted molar refractivity (Wildman–Crippen MR) is 105 cm³/mol. The smallest absolute Gasteiger partial charge is 0.116 e. The Labute approximate surface area is 145 Å². The van der Waals surface area contributed by atoms with Crippen molar-refractivity contribution < 1.29 is 5.11 Å². The number of aryl methyl sites for hydroxylation is 1. The first kappa shape index (κ1) is 19.7. The van der Waals surface area contributed by atoms with Crippen LogP contribution in [0.2, 0.25) is 0 Å². The zero-order valence-corrected chi connectivity index (χ0v) is 14.9. The molecule has 4 N–H and O–H groups in total. The molecule has 0 radical (unpaired) electrons. The van der Waals surface area contributed by atoms with Crippen LogP contribution in [0, 0.1) is 0 Å². The number of allylic oxidation sites excluding steroid dienone is 4. The van der Waals surface area contributed by atoms with Crippen LogP contribution < -0.4 is 11.1 Å². The van der Waals surface area contributed by atoms with E-state index in [0.29, 0.717) is 6.54 Å². The minimum absolute atomic E-state index is 0.282. The van der Waals surface area contributed by atoms with Gasteiger partial charge in [0, 0.05) is 29.7 Å². The lowest BCUT2D eigenvalue weighted by Gasteiger charge is -2.08. The number of phenolic OH excluding ortho intramolecular Hbond substituents is 1. The van der Waals surface area contributed by atoms with Gasteiger partial charge in [-0.25, -0.2) is 0 Å². The number of phenols is 1. The second-order valence-electron chi connectivity index (χ2n) is 5.22. The van der Waals surface area contributed by atoms with Gasteiger partial charge in [0.15, 0.2) is 0 Å². The van der Waals surface area contributed by atoms with Crippen LogP contribution in [0.25, 0.3) is 16.5 Å². The maximum absolute atomic E-state index is 9.62. The number of hydrogen-bond donors (Lipinski definition) is 3. The summed E-state index contributed by atoms with van der Waals surface area (Å²) in [4.78, 5) is 0. The van der Waals surface area contributed by atoms with E-state index in [-0.39, 0.29) is 5.75 Å². The van der Waals surface area contributed by atoms with E-state index in [1.54, 1.807) is 18.2 Å². The summed E-state index contributed by atoms with van der Waals surface area (Å²) in [5.41, 5.74) is 8.80. The minimum Gasteiger partial charge on any atom is -0.508 e. The zero-order valence-electron chi connectivity index (χ0n) is 14.9. The highest BCUT2D eigenvalue weighted by atomic mass is 16.3. The van der Waals surface area contributed by atoms with E-state index >= 15 is 0 Å². The molecule has 2 aromatic rings. The fraction of sp³-hybridized carbons (Fsp3) is 0.300. The number of nitrogens with zero attached hydrogens (tertiary/aromatic N) is 1. The van der Waals surface area contributed by atoms with Gasteiger partial charge in [-0.15, -0.1) is 0 Å². The molecule has 130 valence electrons. The molecular formula is C20H29N3O. The SMILES string of the molecule is C=C/C=C(\C=C/CN)c1cc2cc(O)ccc2n1CC.CCNC. The molecule has 0 aliphatic heterocycles. The molecule has 4 heteroatoms. The first-order valence-corrected chi connectivity index (χ1v) is 8.29. The molecule has 0 bridgehead atoms. The second-order valence-corrected chi connectivity index (χ2v) is 5.22. The third-order valence-electron chi connectivity index (χ3n) is 3.58. The topological polar surface area (TPSA) is 63.2 Å². The highest BCUT2D eigenvalue weighted by molar-refractivity contribution is 5.89.